The van der Waals surface area contributed by atoms with Crippen molar-refractivity contribution in [1.29, 1.82) is 0 Å². The maximum Gasteiger partial charge on any atom is 0.229 e. The molecule has 2 aromatic carbocycles. The van der Waals surface area contributed by atoms with Crippen LogP contribution in [0.15, 0.2) is 36.5 Å². The number of carbonyl (C=O) groups is 2. The van der Waals surface area contributed by atoms with Gasteiger partial charge in [-0.2, -0.15) is 0 Å². The molecule has 0 atom stereocenters. The number of aromatic amines is 1. The first-order valence-corrected chi connectivity index (χ1v) is 8.40. The normalized spacial score (nSPS) is 11.0. The highest BCUT2D eigenvalue weighted by Gasteiger charge is 2.16. The number of amides is 2. The van der Waals surface area contributed by atoms with Crippen LogP contribution in [0.4, 0.5) is 13.2 Å². The molecular formula is C19H14ClF3N2O2. The second kappa shape index (κ2) is 7.84. The standard InChI is InChI=1S/C19H14ClF3N2O2/c20-18-16(23)3-2-15-12(8-24-19(15)18)1-4-17(27)25(10-26)9-11-5-13(21)7-14(22)6-11/h2-3,5-8,10,24H,1,4,9H2. The Hall–Kier alpha value is -2.80. The maximum absolute atomic E-state index is 13.5. The van der Waals surface area contributed by atoms with Crippen LogP contribution in [0.1, 0.15) is 17.5 Å². The van der Waals surface area contributed by atoms with Crippen LogP contribution in [0.3, 0.4) is 0 Å². The minimum Gasteiger partial charge on any atom is -0.360 e. The lowest BCUT2D eigenvalue weighted by molar-refractivity contribution is -0.138. The minimum absolute atomic E-state index is 0.0154. The van der Waals surface area contributed by atoms with Crippen LogP contribution < -0.4 is 0 Å². The smallest absolute Gasteiger partial charge is 0.229 e. The molecule has 0 aliphatic rings. The van der Waals surface area contributed by atoms with Crippen LogP contribution >= 0.6 is 11.6 Å². The molecule has 1 N–H and O–H groups in total. The fraction of sp³-hybridized carbons (Fsp3) is 0.158. The molecule has 0 saturated heterocycles. The van der Waals surface area contributed by atoms with Crippen LogP contribution in [-0.4, -0.2) is 22.2 Å². The summed E-state index contributed by atoms with van der Waals surface area (Å²) >= 11 is 5.90. The van der Waals surface area contributed by atoms with Crippen LogP contribution in [0, 0.1) is 17.5 Å². The number of benzene rings is 2. The summed E-state index contributed by atoms with van der Waals surface area (Å²) in [5.41, 5.74) is 1.34. The number of H-pyrrole nitrogens is 1. The summed E-state index contributed by atoms with van der Waals surface area (Å²) in [5, 5.41) is 0.645. The van der Waals surface area contributed by atoms with E-state index in [4.69, 9.17) is 11.6 Å². The molecule has 0 bridgehead atoms. The summed E-state index contributed by atoms with van der Waals surface area (Å²) in [6, 6.07) is 5.62. The largest absolute Gasteiger partial charge is 0.360 e. The van der Waals surface area contributed by atoms with E-state index < -0.39 is 23.4 Å². The molecule has 2 amide bonds. The molecule has 3 rings (SSSR count). The molecule has 0 fully saturated rings. The number of hydrogen-bond acceptors (Lipinski definition) is 2. The predicted molar refractivity (Wildman–Crippen MR) is 94.6 cm³/mol. The second-order valence-electron chi connectivity index (χ2n) is 6.00. The number of halogens is 4. The average molecular weight is 395 g/mol. The average Bonchev–Trinajstić information content (AvgIpc) is 3.03. The molecule has 0 aliphatic carbocycles. The number of hydrogen-bond donors (Lipinski definition) is 1. The van der Waals surface area contributed by atoms with Crippen molar-refractivity contribution in [2.45, 2.75) is 19.4 Å². The highest BCUT2D eigenvalue weighted by molar-refractivity contribution is 6.35. The first-order chi connectivity index (χ1) is 12.9. The highest BCUT2D eigenvalue weighted by Crippen LogP contribution is 2.28. The zero-order valence-electron chi connectivity index (χ0n) is 13.9. The summed E-state index contributed by atoms with van der Waals surface area (Å²) in [6.45, 7) is -0.234. The minimum atomic E-state index is -0.786. The zero-order chi connectivity index (χ0) is 19.6. The third-order valence-electron chi connectivity index (χ3n) is 4.16. The lowest BCUT2D eigenvalue weighted by Gasteiger charge is -2.15. The third kappa shape index (κ3) is 4.14. The van der Waals surface area contributed by atoms with E-state index in [2.05, 4.69) is 4.98 Å². The summed E-state index contributed by atoms with van der Waals surface area (Å²) in [6.07, 6.45) is 2.21. The Morgan fingerprint density at radius 3 is 2.52 bits per heavy atom. The van der Waals surface area contributed by atoms with E-state index >= 15 is 0 Å². The number of aromatic nitrogens is 1. The van der Waals surface area contributed by atoms with E-state index in [0.29, 0.717) is 23.4 Å². The first kappa shape index (κ1) is 19.0. The van der Waals surface area contributed by atoms with Gasteiger partial charge in [-0.1, -0.05) is 11.6 Å². The van der Waals surface area contributed by atoms with Crippen LogP contribution in [0.2, 0.25) is 5.02 Å². The molecule has 3 aromatic rings. The Labute approximate surface area is 157 Å². The van der Waals surface area contributed by atoms with E-state index in [1.807, 2.05) is 0 Å². The predicted octanol–water partition coefficient (Wildman–Crippen LogP) is 4.36. The van der Waals surface area contributed by atoms with E-state index in [9.17, 15) is 22.8 Å². The van der Waals surface area contributed by atoms with Gasteiger partial charge in [-0.3, -0.25) is 14.5 Å². The second-order valence-corrected chi connectivity index (χ2v) is 6.38. The summed E-state index contributed by atoms with van der Waals surface area (Å²) in [4.78, 5) is 27.3. The molecule has 0 radical (unpaired) electrons. The highest BCUT2D eigenvalue weighted by atomic mass is 35.5. The Bertz CT molecular complexity index is 999. The molecular weight excluding hydrogens is 381 g/mol. The quantitative estimate of drug-likeness (QED) is 0.632. The number of carbonyl (C=O) groups excluding carboxylic acids is 2. The van der Waals surface area contributed by atoms with Gasteiger partial charge in [-0.05, 0) is 41.8 Å². The number of fused-ring (bicyclic) bond motifs is 1. The van der Waals surface area contributed by atoms with Gasteiger partial charge in [0.2, 0.25) is 12.3 Å². The number of nitrogens with zero attached hydrogens (tertiary/aromatic N) is 1. The van der Waals surface area contributed by atoms with Crippen molar-refractivity contribution in [3.05, 3.63) is 70.1 Å². The van der Waals surface area contributed by atoms with Gasteiger partial charge in [0.1, 0.15) is 22.5 Å². The first-order valence-electron chi connectivity index (χ1n) is 8.02. The van der Waals surface area contributed by atoms with E-state index in [1.54, 1.807) is 12.3 Å². The molecule has 0 spiro atoms. The Morgan fingerprint density at radius 1 is 1.15 bits per heavy atom. The van der Waals surface area contributed by atoms with Crippen molar-refractivity contribution < 1.29 is 22.8 Å². The van der Waals surface area contributed by atoms with E-state index in [-0.39, 0.29) is 30.0 Å². The van der Waals surface area contributed by atoms with E-state index in [1.165, 1.54) is 6.07 Å². The van der Waals surface area contributed by atoms with Gasteiger partial charge in [0.25, 0.3) is 0 Å². The zero-order valence-corrected chi connectivity index (χ0v) is 14.7. The molecule has 0 aliphatic heterocycles. The summed E-state index contributed by atoms with van der Waals surface area (Å²) < 4.78 is 40.0. The van der Waals surface area contributed by atoms with Gasteiger partial charge in [0.05, 0.1) is 12.1 Å². The van der Waals surface area contributed by atoms with Crippen molar-refractivity contribution >= 4 is 34.8 Å². The lowest BCUT2D eigenvalue weighted by Crippen LogP contribution is -2.29. The van der Waals surface area contributed by atoms with Gasteiger partial charge in [-0.15, -0.1) is 0 Å². The fourth-order valence-electron chi connectivity index (χ4n) is 2.87. The summed E-state index contributed by atoms with van der Waals surface area (Å²) in [5.74, 6) is -2.63. The molecule has 27 heavy (non-hydrogen) atoms. The molecule has 0 saturated carbocycles. The van der Waals surface area contributed by atoms with Gasteiger partial charge in [-0.25, -0.2) is 13.2 Å². The fourth-order valence-corrected chi connectivity index (χ4v) is 3.09. The van der Waals surface area contributed by atoms with Crippen molar-refractivity contribution in [3.8, 4) is 0 Å². The molecule has 1 heterocycles. The van der Waals surface area contributed by atoms with Gasteiger partial charge >= 0.3 is 0 Å². The molecule has 0 unspecified atom stereocenters. The van der Waals surface area contributed by atoms with E-state index in [0.717, 1.165) is 22.6 Å². The number of aryl methyl sites for hydroxylation is 1. The Balaban J connectivity index is 1.70. The van der Waals surface area contributed by atoms with Crippen LogP contribution in [0.25, 0.3) is 10.9 Å². The number of nitrogens with one attached hydrogen (secondary N) is 1. The topological polar surface area (TPSA) is 53.2 Å². The summed E-state index contributed by atoms with van der Waals surface area (Å²) in [7, 11) is 0. The van der Waals surface area contributed by atoms with Crippen molar-refractivity contribution in [3.63, 3.8) is 0 Å². The number of rotatable bonds is 6. The molecule has 8 heteroatoms. The number of imide groups is 1. The maximum atomic E-state index is 13.5. The third-order valence-corrected chi connectivity index (χ3v) is 4.53. The monoisotopic (exact) mass is 394 g/mol. The van der Waals surface area contributed by atoms with Crippen LogP contribution in [0.5, 0.6) is 0 Å². The van der Waals surface area contributed by atoms with Gasteiger partial charge in [0.15, 0.2) is 0 Å². The Morgan fingerprint density at radius 2 is 1.85 bits per heavy atom. The molecule has 140 valence electrons. The lowest BCUT2D eigenvalue weighted by atomic mass is 10.1. The molecule has 4 nitrogen and oxygen atoms in total. The van der Waals surface area contributed by atoms with Crippen molar-refractivity contribution in [1.82, 2.24) is 9.88 Å². The van der Waals surface area contributed by atoms with Gasteiger partial charge < -0.3 is 4.98 Å². The van der Waals surface area contributed by atoms with Crippen molar-refractivity contribution in [2.24, 2.45) is 0 Å². The van der Waals surface area contributed by atoms with Gasteiger partial charge in [0, 0.05) is 24.1 Å². The van der Waals surface area contributed by atoms with Crippen LogP contribution in [-0.2, 0) is 22.6 Å². The Kier molecular flexibility index (Phi) is 5.51. The SMILES string of the molecule is O=CN(Cc1cc(F)cc(F)c1)C(=O)CCc1c[nH]c2c(Cl)c(F)ccc12. The van der Waals surface area contributed by atoms with Crippen molar-refractivity contribution in [2.75, 3.05) is 0 Å². The molecule has 1 aromatic heterocycles.